The Morgan fingerprint density at radius 3 is 2.54 bits per heavy atom. The van der Waals surface area contributed by atoms with Crippen molar-refractivity contribution in [2.75, 3.05) is 38.2 Å². The summed E-state index contributed by atoms with van der Waals surface area (Å²) in [6.07, 6.45) is 2.67. The van der Waals surface area contributed by atoms with Crippen LogP contribution in [0.15, 0.2) is 18.2 Å². The minimum absolute atomic E-state index is 0.00989. The highest BCUT2D eigenvalue weighted by atomic mass is 32.2. The first-order valence-electron chi connectivity index (χ1n) is 8.16. The molecule has 0 bridgehead atoms. The molecule has 4 nitrogen and oxygen atoms in total. The zero-order valence-electron chi connectivity index (χ0n) is 14.2. The van der Waals surface area contributed by atoms with Gasteiger partial charge in [-0.15, -0.1) is 0 Å². The van der Waals surface area contributed by atoms with Crippen molar-refractivity contribution >= 4 is 17.7 Å². The van der Waals surface area contributed by atoms with E-state index in [0.29, 0.717) is 38.2 Å². The molecule has 1 aromatic carbocycles. The molecule has 0 aliphatic carbocycles. The maximum absolute atomic E-state index is 13.9. The molecule has 1 aliphatic rings. The Labute approximate surface area is 146 Å². The lowest BCUT2D eigenvalue weighted by Gasteiger charge is -2.39. The molecule has 1 aliphatic heterocycles. The summed E-state index contributed by atoms with van der Waals surface area (Å²) in [6, 6.07) is 3.07. The number of piperazine rings is 1. The average molecular weight is 357 g/mol. The molecular weight excluding hydrogens is 332 g/mol. The number of amides is 1. The van der Waals surface area contributed by atoms with E-state index in [1.807, 2.05) is 13.2 Å². The summed E-state index contributed by atoms with van der Waals surface area (Å²) in [7, 11) is 0. The van der Waals surface area contributed by atoms with Gasteiger partial charge in [-0.2, -0.15) is 11.8 Å². The van der Waals surface area contributed by atoms with Crippen LogP contribution in [0.3, 0.4) is 0 Å². The molecule has 1 heterocycles. The van der Waals surface area contributed by atoms with Gasteiger partial charge in [0.1, 0.15) is 11.6 Å². The maximum atomic E-state index is 13.9. The first-order chi connectivity index (χ1) is 11.4. The Morgan fingerprint density at radius 2 is 1.96 bits per heavy atom. The van der Waals surface area contributed by atoms with Crippen molar-refractivity contribution in [2.45, 2.75) is 25.4 Å². The van der Waals surface area contributed by atoms with Gasteiger partial charge < -0.3 is 10.6 Å². The number of nitrogens with two attached hydrogens (primary N) is 1. The van der Waals surface area contributed by atoms with Crippen LogP contribution in [0, 0.1) is 11.6 Å². The number of rotatable bonds is 6. The largest absolute Gasteiger partial charge is 0.339 e. The molecule has 0 aromatic heterocycles. The summed E-state index contributed by atoms with van der Waals surface area (Å²) in [5, 5.41) is 0. The topological polar surface area (TPSA) is 49.6 Å². The van der Waals surface area contributed by atoms with Crippen molar-refractivity contribution in [3.8, 4) is 0 Å². The molecule has 0 saturated carbocycles. The van der Waals surface area contributed by atoms with Gasteiger partial charge in [-0.3, -0.25) is 9.69 Å². The van der Waals surface area contributed by atoms with E-state index in [2.05, 4.69) is 4.90 Å². The van der Waals surface area contributed by atoms with E-state index in [9.17, 15) is 13.6 Å². The number of benzene rings is 1. The van der Waals surface area contributed by atoms with Crippen LogP contribution in [0.4, 0.5) is 8.78 Å². The molecule has 2 rings (SSSR count). The molecule has 1 fully saturated rings. The van der Waals surface area contributed by atoms with Gasteiger partial charge >= 0.3 is 0 Å². The first-order valence-corrected chi connectivity index (χ1v) is 9.55. The molecule has 0 spiro atoms. The molecule has 24 heavy (non-hydrogen) atoms. The summed E-state index contributed by atoms with van der Waals surface area (Å²) < 4.78 is 27.0. The number of nitrogens with zero attached hydrogens (tertiary/aromatic N) is 2. The van der Waals surface area contributed by atoms with Gasteiger partial charge in [0.25, 0.3) is 0 Å². The Balaban J connectivity index is 1.91. The molecular formula is C17H25F2N3OS. The second-order valence-corrected chi connectivity index (χ2v) is 7.08. The molecule has 1 amide bonds. The minimum atomic E-state index is -0.571. The highest BCUT2D eigenvalue weighted by Gasteiger charge is 2.28. The number of hydrogen-bond donors (Lipinski definition) is 1. The summed E-state index contributed by atoms with van der Waals surface area (Å²) in [4.78, 5) is 16.2. The Morgan fingerprint density at radius 1 is 1.29 bits per heavy atom. The molecule has 1 unspecified atom stereocenters. The predicted molar refractivity (Wildman–Crippen MR) is 93.9 cm³/mol. The smallest absolute Gasteiger partial charge is 0.239 e. The first kappa shape index (κ1) is 19.1. The van der Waals surface area contributed by atoms with Gasteiger partial charge in [-0.1, -0.05) is 6.07 Å². The second-order valence-electron chi connectivity index (χ2n) is 6.09. The summed E-state index contributed by atoms with van der Waals surface area (Å²) in [5.74, 6) is -0.240. The van der Waals surface area contributed by atoms with E-state index < -0.39 is 17.7 Å². The number of hydrogen-bond acceptors (Lipinski definition) is 4. The predicted octanol–water partition coefficient (Wildman–Crippen LogP) is 2.25. The summed E-state index contributed by atoms with van der Waals surface area (Å²) in [6.45, 7) is 4.37. The van der Waals surface area contributed by atoms with E-state index in [1.54, 1.807) is 16.7 Å². The lowest BCUT2D eigenvalue weighted by molar-refractivity contribution is -0.134. The van der Waals surface area contributed by atoms with Gasteiger partial charge in [0.05, 0.1) is 6.04 Å². The average Bonchev–Trinajstić information content (AvgIpc) is 2.58. The Hall–Kier alpha value is -1.18. The molecule has 134 valence electrons. The fourth-order valence-electron chi connectivity index (χ4n) is 2.97. The van der Waals surface area contributed by atoms with Crippen LogP contribution in [-0.2, 0) is 4.79 Å². The van der Waals surface area contributed by atoms with Gasteiger partial charge in [-0.05, 0) is 31.4 Å². The minimum Gasteiger partial charge on any atom is -0.339 e. The zero-order valence-corrected chi connectivity index (χ0v) is 15.0. The van der Waals surface area contributed by atoms with Crippen molar-refractivity contribution in [3.63, 3.8) is 0 Å². The molecule has 1 aromatic rings. The van der Waals surface area contributed by atoms with Crippen LogP contribution >= 0.6 is 11.8 Å². The third kappa shape index (κ3) is 4.68. The van der Waals surface area contributed by atoms with E-state index in [0.717, 1.165) is 11.8 Å². The Kier molecular flexibility index (Phi) is 7.01. The molecule has 2 atom stereocenters. The summed E-state index contributed by atoms with van der Waals surface area (Å²) >= 11 is 1.68. The van der Waals surface area contributed by atoms with Crippen LogP contribution in [0.25, 0.3) is 0 Å². The quantitative estimate of drug-likeness (QED) is 0.848. The lowest BCUT2D eigenvalue weighted by Crippen LogP contribution is -2.53. The molecule has 1 saturated heterocycles. The zero-order chi connectivity index (χ0) is 17.7. The molecule has 7 heteroatoms. The highest BCUT2D eigenvalue weighted by Crippen LogP contribution is 2.24. The third-order valence-corrected chi connectivity index (χ3v) is 5.18. The van der Waals surface area contributed by atoms with Crippen LogP contribution in [-0.4, -0.2) is 59.9 Å². The number of halogens is 2. The van der Waals surface area contributed by atoms with Crippen LogP contribution < -0.4 is 5.73 Å². The highest BCUT2D eigenvalue weighted by molar-refractivity contribution is 7.98. The van der Waals surface area contributed by atoms with E-state index in [4.69, 9.17) is 5.73 Å². The normalized spacial score (nSPS) is 18.5. The van der Waals surface area contributed by atoms with Crippen molar-refractivity contribution in [2.24, 2.45) is 5.73 Å². The maximum Gasteiger partial charge on any atom is 0.239 e. The number of thioether (sulfide) groups is 1. The fourth-order valence-corrected chi connectivity index (χ4v) is 3.46. The monoisotopic (exact) mass is 357 g/mol. The third-order valence-electron chi connectivity index (χ3n) is 4.54. The lowest BCUT2D eigenvalue weighted by atomic mass is 10.0. The van der Waals surface area contributed by atoms with Gasteiger partial charge in [-0.25, -0.2) is 8.78 Å². The van der Waals surface area contributed by atoms with E-state index in [1.165, 1.54) is 12.1 Å². The van der Waals surface area contributed by atoms with E-state index in [-0.39, 0.29) is 11.9 Å². The molecule has 2 N–H and O–H groups in total. The number of carbonyl (C=O) groups excluding carboxylic acids is 1. The SMILES string of the molecule is CSCC[C@H](N)C(=O)N1CCN(C(C)c2ccc(F)cc2F)CC1. The van der Waals surface area contributed by atoms with Crippen molar-refractivity contribution < 1.29 is 13.6 Å². The second kappa shape index (κ2) is 8.78. The molecule has 0 radical (unpaired) electrons. The van der Waals surface area contributed by atoms with Gasteiger partial charge in [0.15, 0.2) is 0 Å². The summed E-state index contributed by atoms with van der Waals surface area (Å²) in [5.41, 5.74) is 6.43. The van der Waals surface area contributed by atoms with Crippen LogP contribution in [0.5, 0.6) is 0 Å². The van der Waals surface area contributed by atoms with Crippen LogP contribution in [0.1, 0.15) is 24.9 Å². The standard InChI is InChI=1S/C17H25F2N3OS/c1-12(14-4-3-13(18)11-15(14)19)21-6-8-22(9-7-21)17(23)16(20)5-10-24-2/h3-4,11-12,16H,5-10,20H2,1-2H3/t12?,16-/m0/s1. The van der Waals surface area contributed by atoms with E-state index >= 15 is 0 Å². The van der Waals surface area contributed by atoms with Crippen LogP contribution in [0.2, 0.25) is 0 Å². The number of carbonyl (C=O) groups is 1. The van der Waals surface area contributed by atoms with Crippen molar-refractivity contribution in [3.05, 3.63) is 35.4 Å². The van der Waals surface area contributed by atoms with Crippen molar-refractivity contribution in [1.82, 2.24) is 9.80 Å². The fraction of sp³-hybridized carbons (Fsp3) is 0.588. The Bertz CT molecular complexity index is 565. The van der Waals surface area contributed by atoms with Gasteiger partial charge in [0.2, 0.25) is 5.91 Å². The van der Waals surface area contributed by atoms with Gasteiger partial charge in [0, 0.05) is 43.9 Å². The van der Waals surface area contributed by atoms with Crippen molar-refractivity contribution in [1.29, 1.82) is 0 Å².